The lowest BCUT2D eigenvalue weighted by molar-refractivity contribution is -0.113. The molecule has 0 radical (unpaired) electrons. The van der Waals surface area contributed by atoms with Crippen molar-refractivity contribution >= 4 is 23.4 Å². The van der Waals surface area contributed by atoms with Gasteiger partial charge in [0.05, 0.1) is 12.3 Å². The Kier molecular flexibility index (Phi) is 6.07. The topological polar surface area (TPSA) is 59.8 Å². The first-order valence-corrected chi connectivity index (χ1v) is 9.59. The molecule has 0 saturated heterocycles. The minimum atomic E-state index is -0.0461. The standard InChI is InChI=1S/C20H22N4OS/c1-3-16-10-7-11-18(12-16)21-19(25)14-26-20-23-22-15(2)24(20)13-17-8-5-4-6-9-17/h4-12H,3,13-14H2,1-2H3,(H,21,25). The first kappa shape index (κ1) is 18.2. The minimum absolute atomic E-state index is 0.0461. The number of aromatic nitrogens is 3. The predicted octanol–water partition coefficient (Wildman–Crippen LogP) is 3.93. The van der Waals surface area contributed by atoms with Crippen molar-refractivity contribution in [3.05, 3.63) is 71.5 Å². The molecule has 1 amide bonds. The van der Waals surface area contributed by atoms with Gasteiger partial charge in [-0.15, -0.1) is 10.2 Å². The molecule has 0 bridgehead atoms. The van der Waals surface area contributed by atoms with Gasteiger partial charge in [-0.1, -0.05) is 61.2 Å². The van der Waals surface area contributed by atoms with Gasteiger partial charge in [-0.2, -0.15) is 0 Å². The molecule has 2 aromatic carbocycles. The normalized spacial score (nSPS) is 10.7. The summed E-state index contributed by atoms with van der Waals surface area (Å²) < 4.78 is 2.03. The molecule has 3 rings (SSSR count). The molecule has 0 aliphatic rings. The molecule has 3 aromatic rings. The highest BCUT2D eigenvalue weighted by molar-refractivity contribution is 7.99. The number of hydrogen-bond donors (Lipinski definition) is 1. The van der Waals surface area contributed by atoms with Gasteiger partial charge < -0.3 is 9.88 Å². The number of anilines is 1. The summed E-state index contributed by atoms with van der Waals surface area (Å²) in [6.07, 6.45) is 0.945. The molecule has 0 aliphatic heterocycles. The SMILES string of the molecule is CCc1cccc(NC(=O)CSc2nnc(C)n2Cc2ccccc2)c1. The highest BCUT2D eigenvalue weighted by atomic mass is 32.2. The summed E-state index contributed by atoms with van der Waals surface area (Å²) in [6, 6.07) is 18.1. The number of nitrogens with zero attached hydrogens (tertiary/aromatic N) is 3. The van der Waals surface area contributed by atoms with Crippen LogP contribution in [0.5, 0.6) is 0 Å². The molecule has 0 spiro atoms. The van der Waals surface area contributed by atoms with Crippen LogP contribution in [-0.2, 0) is 17.8 Å². The van der Waals surface area contributed by atoms with Crippen molar-refractivity contribution in [1.82, 2.24) is 14.8 Å². The first-order valence-electron chi connectivity index (χ1n) is 8.61. The van der Waals surface area contributed by atoms with Crippen molar-refractivity contribution in [2.45, 2.75) is 32.0 Å². The molecule has 1 N–H and O–H groups in total. The van der Waals surface area contributed by atoms with E-state index in [2.05, 4.69) is 40.6 Å². The molecule has 26 heavy (non-hydrogen) atoms. The zero-order chi connectivity index (χ0) is 18.4. The number of hydrogen-bond acceptors (Lipinski definition) is 4. The summed E-state index contributed by atoms with van der Waals surface area (Å²) in [5, 5.41) is 12.1. The number of nitrogens with one attached hydrogen (secondary N) is 1. The fraction of sp³-hybridized carbons (Fsp3) is 0.250. The fourth-order valence-electron chi connectivity index (χ4n) is 2.61. The van der Waals surface area contributed by atoms with E-state index in [1.54, 1.807) is 0 Å². The molecule has 0 aliphatic carbocycles. The van der Waals surface area contributed by atoms with Crippen LogP contribution in [0.25, 0.3) is 0 Å². The lowest BCUT2D eigenvalue weighted by atomic mass is 10.1. The molecule has 0 fully saturated rings. The zero-order valence-electron chi connectivity index (χ0n) is 15.0. The Morgan fingerprint density at radius 3 is 2.62 bits per heavy atom. The van der Waals surface area contributed by atoms with Crippen molar-refractivity contribution in [2.24, 2.45) is 0 Å². The van der Waals surface area contributed by atoms with Crippen LogP contribution in [-0.4, -0.2) is 26.4 Å². The van der Waals surface area contributed by atoms with Gasteiger partial charge in [-0.25, -0.2) is 0 Å². The van der Waals surface area contributed by atoms with E-state index >= 15 is 0 Å². The van der Waals surface area contributed by atoms with Crippen LogP contribution in [0.1, 0.15) is 23.9 Å². The Balaban J connectivity index is 1.61. The molecule has 1 aromatic heterocycles. The maximum absolute atomic E-state index is 12.3. The number of rotatable bonds is 7. The summed E-state index contributed by atoms with van der Waals surface area (Å²) >= 11 is 1.40. The van der Waals surface area contributed by atoms with Gasteiger partial charge in [0.2, 0.25) is 5.91 Å². The molecule has 1 heterocycles. The van der Waals surface area contributed by atoms with E-state index in [9.17, 15) is 4.79 Å². The number of aryl methyl sites for hydroxylation is 2. The first-order chi connectivity index (χ1) is 12.7. The van der Waals surface area contributed by atoms with Gasteiger partial charge in [0, 0.05) is 5.69 Å². The monoisotopic (exact) mass is 366 g/mol. The van der Waals surface area contributed by atoms with E-state index in [1.165, 1.54) is 22.9 Å². The van der Waals surface area contributed by atoms with E-state index in [1.807, 2.05) is 47.9 Å². The Morgan fingerprint density at radius 2 is 1.85 bits per heavy atom. The molecule has 134 valence electrons. The largest absolute Gasteiger partial charge is 0.325 e. The van der Waals surface area contributed by atoms with Gasteiger partial charge in [-0.3, -0.25) is 4.79 Å². The third-order valence-corrected chi connectivity index (χ3v) is 5.00. The molecule has 0 saturated carbocycles. The highest BCUT2D eigenvalue weighted by Crippen LogP contribution is 2.19. The molecular formula is C20H22N4OS. The number of carbonyl (C=O) groups excluding carboxylic acids is 1. The second kappa shape index (κ2) is 8.67. The molecule has 0 atom stereocenters. The quantitative estimate of drug-likeness (QED) is 0.644. The highest BCUT2D eigenvalue weighted by Gasteiger charge is 2.12. The van der Waals surface area contributed by atoms with Gasteiger partial charge >= 0.3 is 0 Å². The summed E-state index contributed by atoms with van der Waals surface area (Å²) in [4.78, 5) is 12.3. The van der Waals surface area contributed by atoms with E-state index in [-0.39, 0.29) is 5.91 Å². The minimum Gasteiger partial charge on any atom is -0.325 e. The summed E-state index contributed by atoms with van der Waals surface area (Å²) in [6.45, 7) is 4.72. The van der Waals surface area contributed by atoms with Crippen LogP contribution in [0.3, 0.4) is 0 Å². The zero-order valence-corrected chi connectivity index (χ0v) is 15.8. The molecule has 6 heteroatoms. The van der Waals surface area contributed by atoms with Crippen LogP contribution >= 0.6 is 11.8 Å². The fourth-order valence-corrected chi connectivity index (χ4v) is 3.40. The average molecular weight is 366 g/mol. The predicted molar refractivity (Wildman–Crippen MR) is 105 cm³/mol. The van der Waals surface area contributed by atoms with Crippen LogP contribution < -0.4 is 5.32 Å². The van der Waals surface area contributed by atoms with Crippen molar-refractivity contribution in [3.63, 3.8) is 0 Å². The number of amides is 1. The van der Waals surface area contributed by atoms with Crippen LogP contribution in [0.15, 0.2) is 59.8 Å². The molecule has 0 unspecified atom stereocenters. The van der Waals surface area contributed by atoms with Gasteiger partial charge in [0.15, 0.2) is 5.16 Å². The van der Waals surface area contributed by atoms with Gasteiger partial charge in [0.1, 0.15) is 5.82 Å². The second-order valence-corrected chi connectivity index (χ2v) is 6.93. The van der Waals surface area contributed by atoms with E-state index < -0.39 is 0 Å². The lowest BCUT2D eigenvalue weighted by Crippen LogP contribution is -2.15. The van der Waals surface area contributed by atoms with Crippen molar-refractivity contribution < 1.29 is 4.79 Å². The van der Waals surface area contributed by atoms with Crippen molar-refractivity contribution in [2.75, 3.05) is 11.1 Å². The van der Waals surface area contributed by atoms with Crippen molar-refractivity contribution in [1.29, 1.82) is 0 Å². The van der Waals surface area contributed by atoms with Gasteiger partial charge in [-0.05, 0) is 36.6 Å². The summed E-state index contributed by atoms with van der Waals surface area (Å²) in [7, 11) is 0. The van der Waals surface area contributed by atoms with E-state index in [0.29, 0.717) is 12.3 Å². The van der Waals surface area contributed by atoms with Crippen LogP contribution in [0, 0.1) is 6.92 Å². The Morgan fingerprint density at radius 1 is 1.08 bits per heavy atom. The number of benzene rings is 2. The number of carbonyl (C=O) groups is 1. The molecular weight excluding hydrogens is 344 g/mol. The Bertz CT molecular complexity index is 877. The third-order valence-electron chi connectivity index (χ3n) is 4.04. The Labute approximate surface area is 157 Å². The maximum atomic E-state index is 12.3. The molecule has 5 nitrogen and oxygen atoms in total. The smallest absolute Gasteiger partial charge is 0.234 e. The average Bonchev–Trinajstić information content (AvgIpc) is 3.01. The van der Waals surface area contributed by atoms with Crippen LogP contribution in [0.4, 0.5) is 5.69 Å². The summed E-state index contributed by atoms with van der Waals surface area (Å²) in [5.41, 5.74) is 3.21. The van der Waals surface area contributed by atoms with E-state index in [0.717, 1.165) is 23.1 Å². The lowest BCUT2D eigenvalue weighted by Gasteiger charge is -2.09. The third kappa shape index (κ3) is 4.73. The summed E-state index contributed by atoms with van der Waals surface area (Å²) in [5.74, 6) is 1.09. The second-order valence-electron chi connectivity index (χ2n) is 5.99. The van der Waals surface area contributed by atoms with Crippen LogP contribution in [0.2, 0.25) is 0 Å². The Hall–Kier alpha value is -2.60. The number of thioether (sulfide) groups is 1. The van der Waals surface area contributed by atoms with Crippen molar-refractivity contribution in [3.8, 4) is 0 Å². The maximum Gasteiger partial charge on any atom is 0.234 e. The van der Waals surface area contributed by atoms with E-state index in [4.69, 9.17) is 0 Å². The van der Waals surface area contributed by atoms with Gasteiger partial charge in [0.25, 0.3) is 0 Å².